The fourth-order valence-electron chi connectivity index (χ4n) is 2.57. The molecule has 1 aliphatic carbocycles. The predicted octanol–water partition coefficient (Wildman–Crippen LogP) is 4.18. The van der Waals surface area contributed by atoms with Gasteiger partial charge in [-0.1, -0.05) is 30.2 Å². The molecule has 0 bridgehead atoms. The highest BCUT2D eigenvalue weighted by atomic mass is 35.5. The molecule has 0 radical (unpaired) electrons. The largest absolute Gasteiger partial charge is 0.352 e. The summed E-state index contributed by atoms with van der Waals surface area (Å²) < 4.78 is 0. The minimum absolute atomic E-state index is 0.0922. The average molecular weight is 300 g/mol. The van der Waals surface area contributed by atoms with E-state index in [2.05, 4.69) is 5.32 Å². The van der Waals surface area contributed by atoms with Crippen LogP contribution in [-0.4, -0.2) is 17.8 Å². The maximum absolute atomic E-state index is 12.1. The molecule has 19 heavy (non-hydrogen) atoms. The van der Waals surface area contributed by atoms with Crippen LogP contribution in [0.2, 0.25) is 5.02 Å². The van der Waals surface area contributed by atoms with E-state index in [1.165, 1.54) is 0 Å². The van der Waals surface area contributed by atoms with Crippen molar-refractivity contribution in [3.8, 4) is 0 Å². The van der Waals surface area contributed by atoms with Crippen LogP contribution in [0.15, 0.2) is 18.2 Å². The normalized spacial score (nSPS) is 23.1. The Balaban J connectivity index is 1.92. The zero-order valence-corrected chi connectivity index (χ0v) is 12.6. The van der Waals surface area contributed by atoms with Gasteiger partial charge in [-0.3, -0.25) is 4.79 Å². The number of alkyl halides is 1. The van der Waals surface area contributed by atoms with Gasteiger partial charge in [0.1, 0.15) is 0 Å². The van der Waals surface area contributed by atoms with Crippen molar-refractivity contribution < 1.29 is 4.79 Å². The van der Waals surface area contributed by atoms with Crippen LogP contribution in [0.4, 0.5) is 0 Å². The molecule has 0 heterocycles. The zero-order valence-electron chi connectivity index (χ0n) is 11.1. The Hall–Kier alpha value is -0.730. The third kappa shape index (κ3) is 3.87. The van der Waals surface area contributed by atoms with Crippen molar-refractivity contribution in [3.63, 3.8) is 0 Å². The van der Waals surface area contributed by atoms with Gasteiger partial charge in [0.25, 0.3) is 5.91 Å². The first-order valence-electron chi connectivity index (χ1n) is 6.75. The van der Waals surface area contributed by atoms with Gasteiger partial charge >= 0.3 is 0 Å². The Bertz CT molecular complexity index is 461. The smallest absolute Gasteiger partial charge is 0.252 e. The van der Waals surface area contributed by atoms with Crippen molar-refractivity contribution in [2.45, 2.75) is 38.0 Å². The van der Waals surface area contributed by atoms with Gasteiger partial charge in [-0.15, -0.1) is 11.6 Å². The second kappa shape index (κ2) is 6.62. The van der Waals surface area contributed by atoms with Gasteiger partial charge in [0, 0.05) is 11.9 Å². The molecule has 0 spiro atoms. The van der Waals surface area contributed by atoms with Gasteiger partial charge in [0.05, 0.1) is 10.6 Å². The Kier molecular flexibility index (Phi) is 5.12. The van der Waals surface area contributed by atoms with Crippen LogP contribution >= 0.6 is 23.2 Å². The summed E-state index contributed by atoms with van der Waals surface area (Å²) in [6.45, 7) is 2.59. The zero-order chi connectivity index (χ0) is 13.8. The molecule has 2 atom stereocenters. The van der Waals surface area contributed by atoms with E-state index in [-0.39, 0.29) is 11.3 Å². The Morgan fingerprint density at radius 3 is 2.95 bits per heavy atom. The van der Waals surface area contributed by atoms with Crippen LogP contribution in [0.3, 0.4) is 0 Å². The molecule has 0 aromatic heterocycles. The highest BCUT2D eigenvalue weighted by Crippen LogP contribution is 2.27. The van der Waals surface area contributed by atoms with E-state index >= 15 is 0 Å². The van der Waals surface area contributed by atoms with E-state index in [1.807, 2.05) is 19.1 Å². The monoisotopic (exact) mass is 299 g/mol. The fourth-order valence-corrected chi connectivity index (χ4v) is 3.18. The summed E-state index contributed by atoms with van der Waals surface area (Å²) in [6.07, 6.45) is 4.38. The summed E-state index contributed by atoms with van der Waals surface area (Å²) in [5.41, 5.74) is 1.48. The summed E-state index contributed by atoms with van der Waals surface area (Å²) in [7, 11) is 0. The molecular weight excluding hydrogens is 281 g/mol. The molecule has 1 aromatic carbocycles. The minimum Gasteiger partial charge on any atom is -0.352 e. The molecule has 4 heteroatoms. The molecule has 0 saturated heterocycles. The minimum atomic E-state index is -0.0922. The van der Waals surface area contributed by atoms with Crippen molar-refractivity contribution in [2.75, 3.05) is 6.54 Å². The van der Waals surface area contributed by atoms with E-state index in [0.717, 1.165) is 31.2 Å². The Morgan fingerprint density at radius 1 is 1.42 bits per heavy atom. The summed E-state index contributed by atoms with van der Waals surface area (Å²) in [4.78, 5) is 12.1. The molecule has 1 fully saturated rings. The maximum atomic E-state index is 12.1. The topological polar surface area (TPSA) is 29.1 Å². The number of rotatable bonds is 3. The van der Waals surface area contributed by atoms with Crippen LogP contribution in [0.25, 0.3) is 0 Å². The number of aryl methyl sites for hydroxylation is 1. The highest BCUT2D eigenvalue weighted by Gasteiger charge is 2.21. The van der Waals surface area contributed by atoms with Gasteiger partial charge in [-0.05, 0) is 43.7 Å². The summed E-state index contributed by atoms with van der Waals surface area (Å²) in [5, 5.41) is 3.78. The molecule has 1 N–H and O–H groups in total. The molecular formula is C15H19Cl2NO. The number of nitrogens with one attached hydrogen (secondary N) is 1. The fraction of sp³-hybridized carbons (Fsp3) is 0.533. The second-order valence-electron chi connectivity index (χ2n) is 5.28. The average Bonchev–Trinajstić information content (AvgIpc) is 2.39. The van der Waals surface area contributed by atoms with Gasteiger partial charge in [-0.2, -0.15) is 0 Å². The first-order chi connectivity index (χ1) is 9.08. The molecule has 1 amide bonds. The number of halogens is 2. The van der Waals surface area contributed by atoms with Crippen LogP contribution in [0, 0.1) is 12.8 Å². The lowest BCUT2D eigenvalue weighted by atomic mass is 9.89. The van der Waals surface area contributed by atoms with E-state index in [9.17, 15) is 4.79 Å². The van der Waals surface area contributed by atoms with Crippen LogP contribution < -0.4 is 5.32 Å². The van der Waals surface area contributed by atoms with E-state index in [0.29, 0.717) is 23.0 Å². The maximum Gasteiger partial charge on any atom is 0.252 e. The Morgan fingerprint density at radius 2 is 2.21 bits per heavy atom. The van der Waals surface area contributed by atoms with Crippen molar-refractivity contribution in [1.82, 2.24) is 5.32 Å². The van der Waals surface area contributed by atoms with Crippen molar-refractivity contribution in [3.05, 3.63) is 34.3 Å². The quantitative estimate of drug-likeness (QED) is 0.834. The number of hydrogen-bond donors (Lipinski definition) is 1. The molecule has 1 aromatic rings. The lowest BCUT2D eigenvalue weighted by Gasteiger charge is -2.25. The van der Waals surface area contributed by atoms with Crippen molar-refractivity contribution in [2.24, 2.45) is 5.92 Å². The van der Waals surface area contributed by atoms with Gasteiger partial charge in [0.2, 0.25) is 0 Å². The van der Waals surface area contributed by atoms with Gasteiger partial charge in [-0.25, -0.2) is 0 Å². The van der Waals surface area contributed by atoms with E-state index < -0.39 is 0 Å². The SMILES string of the molecule is Cc1cccc(C(=O)NCC2CCCC(Cl)C2)c1Cl. The predicted molar refractivity (Wildman–Crippen MR) is 80.1 cm³/mol. The molecule has 2 nitrogen and oxygen atoms in total. The summed E-state index contributed by atoms with van der Waals surface area (Å²) in [5.74, 6) is 0.397. The van der Waals surface area contributed by atoms with Crippen LogP contribution in [-0.2, 0) is 0 Å². The number of hydrogen-bond acceptors (Lipinski definition) is 1. The second-order valence-corrected chi connectivity index (χ2v) is 6.27. The number of carbonyl (C=O) groups excluding carboxylic acids is 1. The number of amides is 1. The Labute approximate surface area is 124 Å². The molecule has 104 valence electrons. The van der Waals surface area contributed by atoms with E-state index in [4.69, 9.17) is 23.2 Å². The van der Waals surface area contributed by atoms with Crippen molar-refractivity contribution in [1.29, 1.82) is 0 Å². The standard InChI is InChI=1S/C15H19Cl2NO/c1-10-4-2-7-13(14(10)17)15(19)18-9-11-5-3-6-12(16)8-11/h2,4,7,11-12H,3,5-6,8-9H2,1H3,(H,18,19). The molecule has 0 aliphatic heterocycles. The third-order valence-corrected chi connectivity index (χ3v) is 4.60. The molecule has 1 aliphatic rings. The van der Waals surface area contributed by atoms with Crippen molar-refractivity contribution >= 4 is 29.1 Å². The first-order valence-corrected chi connectivity index (χ1v) is 7.56. The summed E-state index contributed by atoms with van der Waals surface area (Å²) in [6, 6.07) is 5.51. The number of carbonyl (C=O) groups is 1. The first kappa shape index (κ1) is 14.7. The highest BCUT2D eigenvalue weighted by molar-refractivity contribution is 6.34. The van der Waals surface area contributed by atoms with Crippen LogP contribution in [0.1, 0.15) is 41.6 Å². The third-order valence-electron chi connectivity index (χ3n) is 3.71. The van der Waals surface area contributed by atoms with Gasteiger partial charge in [0.15, 0.2) is 0 Å². The summed E-state index contributed by atoms with van der Waals surface area (Å²) >= 11 is 12.3. The molecule has 2 rings (SSSR count). The lowest BCUT2D eigenvalue weighted by Crippen LogP contribution is -2.32. The molecule has 2 unspecified atom stereocenters. The van der Waals surface area contributed by atoms with Gasteiger partial charge < -0.3 is 5.32 Å². The van der Waals surface area contributed by atoms with Crippen LogP contribution in [0.5, 0.6) is 0 Å². The van der Waals surface area contributed by atoms with E-state index in [1.54, 1.807) is 6.07 Å². The number of benzene rings is 1. The molecule has 1 saturated carbocycles. The lowest BCUT2D eigenvalue weighted by molar-refractivity contribution is 0.0944.